The van der Waals surface area contributed by atoms with Crippen molar-refractivity contribution in [2.75, 3.05) is 25.0 Å². The number of aromatic amines is 1. The van der Waals surface area contributed by atoms with Crippen molar-refractivity contribution >= 4 is 22.6 Å². The van der Waals surface area contributed by atoms with Crippen LogP contribution in [0.15, 0.2) is 42.9 Å². The maximum atomic E-state index is 11.6. The maximum Gasteiger partial charge on any atom is 0.222 e. The largest absolute Gasteiger partial charge is 0.370 e. The normalized spacial score (nSPS) is 14.4. The highest BCUT2D eigenvalue weighted by molar-refractivity contribution is 5.84. The van der Waals surface area contributed by atoms with Gasteiger partial charge in [0.25, 0.3) is 0 Å². The number of carbonyl (C=O) groups is 1. The molecule has 1 saturated heterocycles. The molecule has 2 aromatic heterocycles. The number of H-pyrrole nitrogens is 1. The van der Waals surface area contributed by atoms with Gasteiger partial charge in [-0.05, 0) is 31.0 Å². The molecule has 6 heteroatoms. The van der Waals surface area contributed by atoms with Crippen LogP contribution in [-0.2, 0) is 4.79 Å². The van der Waals surface area contributed by atoms with Gasteiger partial charge in [-0.3, -0.25) is 4.79 Å². The van der Waals surface area contributed by atoms with Gasteiger partial charge in [-0.1, -0.05) is 6.07 Å². The third-order valence-electron chi connectivity index (χ3n) is 4.60. The number of fused-ring (bicyclic) bond motifs is 1. The fraction of sp³-hybridized carbons (Fsp3) is 0.316. The summed E-state index contributed by atoms with van der Waals surface area (Å²) in [5.74, 6) is 1.09. The Morgan fingerprint density at radius 2 is 2.16 bits per heavy atom. The average molecular weight is 335 g/mol. The van der Waals surface area contributed by atoms with Gasteiger partial charge in [-0.25, -0.2) is 9.97 Å². The molecule has 1 amide bonds. The zero-order valence-corrected chi connectivity index (χ0v) is 14.0. The number of amides is 1. The predicted octanol–water partition coefficient (Wildman–Crippen LogP) is 3.05. The quantitative estimate of drug-likeness (QED) is 0.679. The van der Waals surface area contributed by atoms with Gasteiger partial charge in [0.15, 0.2) is 0 Å². The molecule has 0 bridgehead atoms. The van der Waals surface area contributed by atoms with Gasteiger partial charge >= 0.3 is 0 Å². The van der Waals surface area contributed by atoms with Crippen LogP contribution in [0.25, 0.3) is 22.2 Å². The first-order valence-corrected chi connectivity index (χ1v) is 8.71. The molecule has 0 spiro atoms. The summed E-state index contributed by atoms with van der Waals surface area (Å²) in [5.41, 5.74) is 3.09. The van der Waals surface area contributed by atoms with E-state index in [1.165, 1.54) is 5.39 Å². The van der Waals surface area contributed by atoms with E-state index in [9.17, 15) is 4.79 Å². The van der Waals surface area contributed by atoms with E-state index in [-0.39, 0.29) is 5.91 Å². The van der Waals surface area contributed by atoms with Gasteiger partial charge in [0, 0.05) is 54.8 Å². The van der Waals surface area contributed by atoms with Crippen LogP contribution in [0.1, 0.15) is 19.3 Å². The van der Waals surface area contributed by atoms with Crippen LogP contribution in [0.4, 0.5) is 5.82 Å². The number of likely N-dealkylation sites (tertiary alicyclic amines) is 1. The maximum absolute atomic E-state index is 11.6. The predicted molar refractivity (Wildman–Crippen MR) is 98.2 cm³/mol. The molecule has 3 heterocycles. The molecule has 1 aliphatic heterocycles. The summed E-state index contributed by atoms with van der Waals surface area (Å²) >= 11 is 0. The summed E-state index contributed by atoms with van der Waals surface area (Å²) < 4.78 is 0. The van der Waals surface area contributed by atoms with Crippen LogP contribution < -0.4 is 5.32 Å². The number of anilines is 1. The number of benzene rings is 1. The Bertz CT molecular complexity index is 888. The Morgan fingerprint density at radius 1 is 1.20 bits per heavy atom. The summed E-state index contributed by atoms with van der Waals surface area (Å²) in [6.45, 7) is 2.50. The molecule has 0 saturated carbocycles. The molecule has 4 rings (SSSR count). The monoisotopic (exact) mass is 335 g/mol. The topological polar surface area (TPSA) is 73.9 Å². The summed E-state index contributed by atoms with van der Waals surface area (Å²) in [7, 11) is 0. The van der Waals surface area contributed by atoms with Crippen LogP contribution >= 0.6 is 0 Å². The van der Waals surface area contributed by atoms with Crippen molar-refractivity contribution in [3.63, 3.8) is 0 Å². The zero-order valence-electron chi connectivity index (χ0n) is 14.0. The van der Waals surface area contributed by atoms with Gasteiger partial charge in [0.05, 0.1) is 5.69 Å². The van der Waals surface area contributed by atoms with Crippen LogP contribution in [0.5, 0.6) is 0 Å². The van der Waals surface area contributed by atoms with Crippen molar-refractivity contribution in [2.24, 2.45) is 0 Å². The average Bonchev–Trinajstić information content (AvgIpc) is 3.27. The molecule has 1 fully saturated rings. The molecule has 0 atom stereocenters. The van der Waals surface area contributed by atoms with Crippen molar-refractivity contribution < 1.29 is 4.79 Å². The minimum atomic E-state index is 0.282. The Morgan fingerprint density at radius 3 is 3.04 bits per heavy atom. The Hall–Kier alpha value is -2.89. The highest BCUT2D eigenvalue weighted by Gasteiger charge is 2.18. The first-order valence-electron chi connectivity index (χ1n) is 8.71. The molecule has 1 aliphatic rings. The fourth-order valence-electron chi connectivity index (χ4n) is 3.25. The van der Waals surface area contributed by atoms with Crippen molar-refractivity contribution in [1.82, 2.24) is 19.9 Å². The first-order chi connectivity index (χ1) is 12.3. The highest BCUT2D eigenvalue weighted by Crippen LogP contribution is 2.23. The summed E-state index contributed by atoms with van der Waals surface area (Å²) in [6.07, 6.45) is 6.14. The van der Waals surface area contributed by atoms with Gasteiger partial charge in [-0.2, -0.15) is 0 Å². The lowest BCUT2D eigenvalue weighted by molar-refractivity contribution is -0.127. The van der Waals surface area contributed by atoms with Gasteiger partial charge in [-0.15, -0.1) is 0 Å². The third-order valence-corrected chi connectivity index (χ3v) is 4.60. The number of hydrogen-bond acceptors (Lipinski definition) is 4. The lowest BCUT2D eigenvalue weighted by atomic mass is 10.1. The smallest absolute Gasteiger partial charge is 0.222 e. The van der Waals surface area contributed by atoms with E-state index in [2.05, 4.69) is 44.5 Å². The molecular formula is C19H21N5O. The summed E-state index contributed by atoms with van der Waals surface area (Å²) in [5, 5.41) is 4.50. The van der Waals surface area contributed by atoms with E-state index < -0.39 is 0 Å². The minimum absolute atomic E-state index is 0.282. The van der Waals surface area contributed by atoms with Crippen molar-refractivity contribution in [2.45, 2.75) is 19.3 Å². The van der Waals surface area contributed by atoms with Crippen molar-refractivity contribution in [3.05, 3.63) is 42.9 Å². The van der Waals surface area contributed by atoms with Crippen molar-refractivity contribution in [1.29, 1.82) is 0 Å². The standard InChI is InChI=1S/C19H21N5O/c25-19-3-1-9-24(19)10-2-7-21-18-12-17(22-13-23-18)14-4-5-16-15(11-14)6-8-20-16/h4-6,8,11-13,20H,1-3,7,9-10H2,(H,21,22,23). The summed E-state index contributed by atoms with van der Waals surface area (Å²) in [6, 6.07) is 10.3. The lowest BCUT2D eigenvalue weighted by Gasteiger charge is -2.15. The number of rotatable bonds is 6. The number of aromatic nitrogens is 3. The highest BCUT2D eigenvalue weighted by atomic mass is 16.2. The SMILES string of the molecule is O=C1CCCN1CCCNc1cc(-c2ccc3[nH]ccc3c2)ncn1. The molecule has 6 nitrogen and oxygen atoms in total. The van der Waals surface area contributed by atoms with E-state index in [4.69, 9.17) is 0 Å². The van der Waals surface area contributed by atoms with Gasteiger partial charge in [0.2, 0.25) is 5.91 Å². The van der Waals surface area contributed by atoms with E-state index in [0.29, 0.717) is 6.42 Å². The molecule has 0 radical (unpaired) electrons. The van der Waals surface area contributed by atoms with E-state index >= 15 is 0 Å². The number of carbonyl (C=O) groups excluding carboxylic acids is 1. The molecule has 25 heavy (non-hydrogen) atoms. The zero-order chi connectivity index (χ0) is 17.1. The Balaban J connectivity index is 1.38. The summed E-state index contributed by atoms with van der Waals surface area (Å²) in [4.78, 5) is 25.4. The lowest BCUT2D eigenvalue weighted by Crippen LogP contribution is -2.27. The van der Waals surface area contributed by atoms with Crippen LogP contribution in [0.2, 0.25) is 0 Å². The van der Waals surface area contributed by atoms with Crippen LogP contribution in [0.3, 0.4) is 0 Å². The number of hydrogen-bond donors (Lipinski definition) is 2. The first kappa shape index (κ1) is 15.6. The molecule has 0 aliphatic carbocycles. The second kappa shape index (κ2) is 6.93. The van der Waals surface area contributed by atoms with E-state index in [1.807, 2.05) is 17.2 Å². The fourth-order valence-corrected chi connectivity index (χ4v) is 3.25. The molecule has 3 aromatic rings. The molecular weight excluding hydrogens is 314 g/mol. The third kappa shape index (κ3) is 3.47. The minimum Gasteiger partial charge on any atom is -0.370 e. The molecule has 1 aromatic carbocycles. The second-order valence-corrected chi connectivity index (χ2v) is 6.33. The molecule has 128 valence electrons. The Kier molecular flexibility index (Phi) is 4.33. The Labute approximate surface area is 146 Å². The van der Waals surface area contributed by atoms with Crippen LogP contribution in [-0.4, -0.2) is 45.4 Å². The number of nitrogens with zero attached hydrogens (tertiary/aromatic N) is 3. The van der Waals surface area contributed by atoms with E-state index in [1.54, 1.807) is 6.33 Å². The molecule has 2 N–H and O–H groups in total. The van der Waals surface area contributed by atoms with Gasteiger partial charge < -0.3 is 15.2 Å². The second-order valence-electron chi connectivity index (χ2n) is 6.33. The van der Waals surface area contributed by atoms with Crippen LogP contribution in [0, 0.1) is 0 Å². The van der Waals surface area contributed by atoms with Crippen molar-refractivity contribution in [3.8, 4) is 11.3 Å². The van der Waals surface area contributed by atoms with Gasteiger partial charge in [0.1, 0.15) is 12.1 Å². The molecule has 0 unspecified atom stereocenters. The number of nitrogens with one attached hydrogen (secondary N) is 2. The van der Waals surface area contributed by atoms with E-state index in [0.717, 1.165) is 55.1 Å².